The van der Waals surface area contributed by atoms with Crippen LogP contribution in [0.3, 0.4) is 0 Å². The van der Waals surface area contributed by atoms with E-state index in [9.17, 15) is 9.59 Å². The van der Waals surface area contributed by atoms with E-state index in [0.29, 0.717) is 22.2 Å². The van der Waals surface area contributed by atoms with Crippen LogP contribution in [0.15, 0.2) is 48.5 Å². The third kappa shape index (κ3) is 4.20. The molecule has 0 aliphatic heterocycles. The third-order valence-electron chi connectivity index (χ3n) is 4.43. The van der Waals surface area contributed by atoms with Crippen LogP contribution in [0.5, 0.6) is 0 Å². The minimum atomic E-state index is -0.985. The fraction of sp³-hybridized carbons (Fsp3) is 0.300. The molecule has 25 heavy (non-hydrogen) atoms. The number of hydrogen-bond donors (Lipinski definition) is 1. The van der Waals surface area contributed by atoms with Gasteiger partial charge in [-0.25, -0.2) is 0 Å². The van der Waals surface area contributed by atoms with E-state index in [1.165, 1.54) is 0 Å². The summed E-state index contributed by atoms with van der Waals surface area (Å²) in [7, 11) is 0. The molecule has 4 nitrogen and oxygen atoms in total. The number of carbonyl (C=O) groups excluding carboxylic acids is 2. The molecule has 1 saturated carbocycles. The van der Waals surface area contributed by atoms with Gasteiger partial charge < -0.3 is 10.1 Å². The molecular weight excluding hydrogens is 338 g/mol. The number of esters is 1. The minimum absolute atomic E-state index is 0.104. The van der Waals surface area contributed by atoms with Gasteiger partial charge in [0.2, 0.25) is 6.10 Å². The summed E-state index contributed by atoms with van der Waals surface area (Å²) in [5.74, 6) is -0.498. The van der Waals surface area contributed by atoms with Crippen molar-refractivity contribution < 1.29 is 14.3 Å². The lowest BCUT2D eigenvalue weighted by Gasteiger charge is -2.18. The van der Waals surface area contributed by atoms with Crippen LogP contribution < -0.4 is 5.32 Å². The quantitative estimate of drug-likeness (QED) is 0.800. The molecule has 0 unspecified atom stereocenters. The molecule has 1 amide bonds. The maximum atomic E-state index is 12.7. The zero-order chi connectivity index (χ0) is 18.0. The van der Waals surface area contributed by atoms with Crippen molar-refractivity contribution in [1.29, 1.82) is 0 Å². The summed E-state index contributed by atoms with van der Waals surface area (Å²) in [6, 6.07) is 14.3. The van der Waals surface area contributed by atoms with Crippen LogP contribution in [-0.2, 0) is 14.3 Å². The average Bonchev–Trinajstić information content (AvgIpc) is 3.33. The number of carbonyl (C=O) groups is 2. The van der Waals surface area contributed by atoms with E-state index in [2.05, 4.69) is 5.32 Å². The van der Waals surface area contributed by atoms with Gasteiger partial charge in [-0.1, -0.05) is 54.9 Å². The molecule has 0 aromatic heterocycles. The van der Waals surface area contributed by atoms with Crippen molar-refractivity contribution in [3.05, 3.63) is 64.7 Å². The molecule has 5 heteroatoms. The number of amides is 1. The van der Waals surface area contributed by atoms with E-state index in [4.69, 9.17) is 16.3 Å². The second kappa shape index (κ2) is 7.28. The molecule has 0 bridgehead atoms. The normalized spacial score (nSPS) is 19.8. The standard InChI is InChI=1S/C20H20ClNO3/c1-12-8-9-15(11-17(12)21)22-19(23)18(14-6-4-3-5-7-14)25-20(24)16-10-13(16)2/h3-9,11,13,16,18H,10H2,1-2H3,(H,22,23)/t13-,16+,18-/m0/s1. The van der Waals surface area contributed by atoms with Crippen molar-refractivity contribution >= 4 is 29.2 Å². The number of aryl methyl sites for hydroxylation is 1. The lowest BCUT2D eigenvalue weighted by molar-refractivity contribution is -0.156. The second-order valence-electron chi connectivity index (χ2n) is 6.50. The van der Waals surface area contributed by atoms with E-state index >= 15 is 0 Å². The molecular formula is C20H20ClNO3. The lowest BCUT2D eigenvalue weighted by atomic mass is 10.1. The maximum Gasteiger partial charge on any atom is 0.310 e. The summed E-state index contributed by atoms with van der Waals surface area (Å²) in [4.78, 5) is 25.0. The Morgan fingerprint density at radius 1 is 1.20 bits per heavy atom. The van der Waals surface area contributed by atoms with Gasteiger partial charge in [-0.05, 0) is 37.0 Å². The highest BCUT2D eigenvalue weighted by molar-refractivity contribution is 6.31. The van der Waals surface area contributed by atoms with Crippen LogP contribution in [0.2, 0.25) is 5.02 Å². The SMILES string of the molecule is Cc1ccc(NC(=O)[C@@H](OC(=O)[C@@H]2C[C@@H]2C)c2ccccc2)cc1Cl. The van der Waals surface area contributed by atoms with Crippen molar-refractivity contribution in [2.75, 3.05) is 5.32 Å². The number of benzene rings is 2. The maximum absolute atomic E-state index is 12.7. The Kier molecular flexibility index (Phi) is 5.09. The van der Waals surface area contributed by atoms with Crippen LogP contribution >= 0.6 is 11.6 Å². The molecule has 1 fully saturated rings. The number of hydrogen-bond acceptors (Lipinski definition) is 3. The zero-order valence-corrected chi connectivity index (χ0v) is 14.9. The zero-order valence-electron chi connectivity index (χ0n) is 14.2. The van der Waals surface area contributed by atoms with Gasteiger partial charge in [0.15, 0.2) is 0 Å². The summed E-state index contributed by atoms with van der Waals surface area (Å²) < 4.78 is 5.53. The fourth-order valence-electron chi connectivity index (χ4n) is 2.63. The Morgan fingerprint density at radius 2 is 1.88 bits per heavy atom. The van der Waals surface area contributed by atoms with E-state index in [0.717, 1.165) is 12.0 Å². The molecule has 3 rings (SSSR count). The predicted octanol–water partition coefficient (Wildman–Crippen LogP) is 4.53. The minimum Gasteiger partial charge on any atom is -0.447 e. The highest BCUT2D eigenvalue weighted by atomic mass is 35.5. The Balaban J connectivity index is 1.79. The van der Waals surface area contributed by atoms with Crippen molar-refractivity contribution in [2.45, 2.75) is 26.4 Å². The van der Waals surface area contributed by atoms with Gasteiger partial charge in [-0.15, -0.1) is 0 Å². The molecule has 130 valence electrons. The Hall–Kier alpha value is -2.33. The van der Waals surface area contributed by atoms with Crippen molar-refractivity contribution in [1.82, 2.24) is 0 Å². The van der Waals surface area contributed by atoms with Gasteiger partial charge in [-0.3, -0.25) is 9.59 Å². The van der Waals surface area contributed by atoms with E-state index < -0.39 is 12.0 Å². The number of nitrogens with one attached hydrogen (secondary N) is 1. The summed E-state index contributed by atoms with van der Waals surface area (Å²) in [5.41, 5.74) is 2.13. The van der Waals surface area contributed by atoms with Gasteiger partial charge >= 0.3 is 5.97 Å². The van der Waals surface area contributed by atoms with Crippen LogP contribution in [0.25, 0.3) is 0 Å². The molecule has 0 radical (unpaired) electrons. The van der Waals surface area contributed by atoms with Gasteiger partial charge in [0.1, 0.15) is 0 Å². The van der Waals surface area contributed by atoms with Crippen molar-refractivity contribution in [3.63, 3.8) is 0 Å². The number of anilines is 1. The first-order chi connectivity index (χ1) is 12.0. The fourth-order valence-corrected chi connectivity index (χ4v) is 2.81. The van der Waals surface area contributed by atoms with Gasteiger partial charge in [0.05, 0.1) is 5.92 Å². The summed E-state index contributed by atoms with van der Waals surface area (Å²) in [6.07, 6.45) is -0.170. The molecule has 3 atom stereocenters. The van der Waals surface area contributed by atoms with E-state index in [1.807, 2.05) is 38.1 Å². The largest absolute Gasteiger partial charge is 0.447 e. The molecule has 0 heterocycles. The third-order valence-corrected chi connectivity index (χ3v) is 4.83. The highest BCUT2D eigenvalue weighted by Crippen LogP contribution is 2.40. The first-order valence-corrected chi connectivity index (χ1v) is 8.66. The van der Waals surface area contributed by atoms with Crippen molar-refractivity contribution in [3.8, 4) is 0 Å². The number of rotatable bonds is 5. The van der Waals surface area contributed by atoms with Crippen LogP contribution in [0, 0.1) is 18.8 Å². The Bertz CT molecular complexity index is 791. The average molecular weight is 358 g/mol. The smallest absolute Gasteiger partial charge is 0.310 e. The summed E-state index contributed by atoms with van der Waals surface area (Å²) >= 11 is 6.11. The number of halogens is 1. The van der Waals surface area contributed by atoms with Gasteiger partial charge in [0.25, 0.3) is 5.91 Å². The van der Waals surface area contributed by atoms with E-state index in [1.54, 1.807) is 24.3 Å². The monoisotopic (exact) mass is 357 g/mol. The second-order valence-corrected chi connectivity index (χ2v) is 6.91. The van der Waals surface area contributed by atoms with Crippen LogP contribution in [0.1, 0.15) is 30.6 Å². The molecule has 1 aliphatic rings. The van der Waals surface area contributed by atoms with Crippen molar-refractivity contribution in [2.24, 2.45) is 11.8 Å². The molecule has 1 aliphatic carbocycles. The molecule has 0 saturated heterocycles. The first-order valence-electron chi connectivity index (χ1n) is 8.28. The Morgan fingerprint density at radius 3 is 2.48 bits per heavy atom. The highest BCUT2D eigenvalue weighted by Gasteiger charge is 2.42. The van der Waals surface area contributed by atoms with E-state index in [-0.39, 0.29) is 11.9 Å². The first kappa shape index (κ1) is 17.5. The topological polar surface area (TPSA) is 55.4 Å². The number of ether oxygens (including phenoxy) is 1. The van der Waals surface area contributed by atoms with Crippen LogP contribution in [0.4, 0.5) is 5.69 Å². The lowest BCUT2D eigenvalue weighted by Crippen LogP contribution is -2.26. The molecule has 0 spiro atoms. The Labute approximate surface area is 152 Å². The molecule has 2 aromatic rings. The summed E-state index contributed by atoms with van der Waals surface area (Å²) in [6.45, 7) is 3.89. The summed E-state index contributed by atoms with van der Waals surface area (Å²) in [5, 5.41) is 3.35. The van der Waals surface area contributed by atoms with Gasteiger partial charge in [0, 0.05) is 16.3 Å². The predicted molar refractivity (Wildman–Crippen MR) is 97.4 cm³/mol. The van der Waals surface area contributed by atoms with Crippen LogP contribution in [-0.4, -0.2) is 11.9 Å². The molecule has 1 N–H and O–H groups in total. The molecule has 2 aromatic carbocycles. The van der Waals surface area contributed by atoms with Gasteiger partial charge in [-0.2, -0.15) is 0 Å².